The average Bonchev–Trinajstić information content (AvgIpc) is 2.85. The van der Waals surface area contributed by atoms with Gasteiger partial charge in [-0.25, -0.2) is 0 Å². The van der Waals surface area contributed by atoms with E-state index >= 15 is 0 Å². The van der Waals surface area contributed by atoms with Crippen molar-refractivity contribution in [3.05, 3.63) is 58.1 Å². The number of ketones is 1. The number of fused-ring (bicyclic) bond motifs is 1. The van der Waals surface area contributed by atoms with Crippen LogP contribution in [0.3, 0.4) is 0 Å². The summed E-state index contributed by atoms with van der Waals surface area (Å²) in [6.45, 7) is -0.0389. The van der Waals surface area contributed by atoms with Crippen LogP contribution in [0.5, 0.6) is 5.75 Å². The molecule has 0 saturated heterocycles. The third kappa shape index (κ3) is 2.97. The van der Waals surface area contributed by atoms with Gasteiger partial charge in [-0.15, -0.1) is 0 Å². The molecular formula is C16H12BrNO3. The van der Waals surface area contributed by atoms with Crippen LogP contribution in [0, 0.1) is 0 Å². The first-order valence-corrected chi connectivity index (χ1v) is 7.26. The minimum absolute atomic E-state index is 0.0389. The molecule has 1 N–H and O–H groups in total. The van der Waals surface area contributed by atoms with E-state index in [4.69, 9.17) is 4.74 Å². The number of Topliss-reactive ketones (excluding diaryl/α,β-unsaturated/α-hetero) is 1. The van der Waals surface area contributed by atoms with E-state index in [1.807, 2.05) is 18.2 Å². The van der Waals surface area contributed by atoms with Gasteiger partial charge in [0.25, 0.3) is 0 Å². The maximum Gasteiger partial charge on any atom is 0.228 e. The Kier molecular flexibility index (Phi) is 3.75. The Hall–Kier alpha value is -2.14. The average molecular weight is 346 g/mol. The molecule has 1 aliphatic rings. The number of nitrogens with one attached hydrogen (secondary N) is 1. The summed E-state index contributed by atoms with van der Waals surface area (Å²) >= 11 is 3.37. The highest BCUT2D eigenvalue weighted by Crippen LogP contribution is 2.25. The summed E-state index contributed by atoms with van der Waals surface area (Å²) in [5, 5.41) is 2.74. The summed E-state index contributed by atoms with van der Waals surface area (Å²) in [5.41, 5.74) is 2.19. The van der Waals surface area contributed by atoms with Crippen LogP contribution in [0.15, 0.2) is 46.9 Å². The lowest BCUT2D eigenvalue weighted by Gasteiger charge is -2.08. The zero-order valence-electron chi connectivity index (χ0n) is 11.1. The highest BCUT2D eigenvalue weighted by molar-refractivity contribution is 9.10. The van der Waals surface area contributed by atoms with E-state index in [0.29, 0.717) is 17.7 Å². The van der Waals surface area contributed by atoms with Gasteiger partial charge in [-0.3, -0.25) is 9.59 Å². The molecule has 0 aromatic heterocycles. The third-order valence-electron chi connectivity index (χ3n) is 3.25. The Morgan fingerprint density at radius 1 is 1.24 bits per heavy atom. The molecule has 4 nitrogen and oxygen atoms in total. The predicted octanol–water partition coefficient (Wildman–Crippen LogP) is 3.21. The summed E-state index contributed by atoms with van der Waals surface area (Å²) in [5.74, 6) is 0.468. The van der Waals surface area contributed by atoms with E-state index in [9.17, 15) is 9.59 Å². The molecule has 0 fully saturated rings. The topological polar surface area (TPSA) is 55.4 Å². The van der Waals surface area contributed by atoms with Crippen molar-refractivity contribution in [1.29, 1.82) is 0 Å². The van der Waals surface area contributed by atoms with Crippen molar-refractivity contribution in [2.75, 3.05) is 11.9 Å². The van der Waals surface area contributed by atoms with E-state index < -0.39 is 0 Å². The zero-order valence-corrected chi connectivity index (χ0v) is 12.6. The van der Waals surface area contributed by atoms with E-state index in [2.05, 4.69) is 21.2 Å². The SMILES string of the molecule is O=C1Cc2cc(C(=O)COc3ccccc3Br)ccc2N1. The molecule has 1 aliphatic heterocycles. The van der Waals surface area contributed by atoms with Gasteiger partial charge < -0.3 is 10.1 Å². The fraction of sp³-hybridized carbons (Fsp3) is 0.125. The number of carbonyl (C=O) groups is 2. The van der Waals surface area contributed by atoms with Gasteiger partial charge in [-0.05, 0) is 51.8 Å². The molecule has 0 aliphatic carbocycles. The van der Waals surface area contributed by atoms with Crippen LogP contribution in [0.4, 0.5) is 5.69 Å². The van der Waals surface area contributed by atoms with Crippen LogP contribution < -0.4 is 10.1 Å². The molecule has 3 rings (SSSR count). The number of benzene rings is 2. The van der Waals surface area contributed by atoms with E-state index in [1.165, 1.54) is 0 Å². The minimum atomic E-state index is -0.118. The molecule has 2 aromatic rings. The number of halogens is 1. The second-order valence-electron chi connectivity index (χ2n) is 4.74. The molecule has 5 heteroatoms. The van der Waals surface area contributed by atoms with Gasteiger partial charge in [-0.2, -0.15) is 0 Å². The van der Waals surface area contributed by atoms with Gasteiger partial charge in [0.2, 0.25) is 5.91 Å². The molecule has 1 amide bonds. The maximum absolute atomic E-state index is 12.2. The molecule has 0 bridgehead atoms. The summed E-state index contributed by atoms with van der Waals surface area (Å²) in [6.07, 6.45) is 0.321. The van der Waals surface area contributed by atoms with Crippen molar-refractivity contribution in [3.8, 4) is 5.75 Å². The number of anilines is 1. The molecule has 0 saturated carbocycles. The Labute approximate surface area is 130 Å². The second-order valence-corrected chi connectivity index (χ2v) is 5.59. The number of rotatable bonds is 4. The lowest BCUT2D eigenvalue weighted by Crippen LogP contribution is -2.12. The molecular weight excluding hydrogens is 334 g/mol. The van der Waals surface area contributed by atoms with Gasteiger partial charge in [-0.1, -0.05) is 12.1 Å². The summed E-state index contributed by atoms with van der Waals surface area (Å²) in [4.78, 5) is 23.5. The first-order valence-electron chi connectivity index (χ1n) is 6.47. The monoisotopic (exact) mass is 345 g/mol. The Bertz CT molecular complexity index is 727. The molecule has 0 spiro atoms. The number of para-hydroxylation sites is 1. The van der Waals surface area contributed by atoms with Crippen LogP contribution in [0.1, 0.15) is 15.9 Å². The van der Waals surface area contributed by atoms with Gasteiger partial charge >= 0.3 is 0 Å². The minimum Gasteiger partial charge on any atom is -0.484 e. The van der Waals surface area contributed by atoms with E-state index in [0.717, 1.165) is 15.7 Å². The fourth-order valence-corrected chi connectivity index (χ4v) is 2.59. The van der Waals surface area contributed by atoms with Crippen molar-refractivity contribution in [3.63, 3.8) is 0 Å². The summed E-state index contributed by atoms with van der Waals surface area (Å²) in [7, 11) is 0. The Morgan fingerprint density at radius 2 is 2.05 bits per heavy atom. The van der Waals surface area contributed by atoms with Crippen molar-refractivity contribution in [1.82, 2.24) is 0 Å². The third-order valence-corrected chi connectivity index (χ3v) is 3.90. The standard InChI is InChI=1S/C16H12BrNO3/c17-12-3-1-2-4-15(12)21-9-14(19)10-5-6-13-11(7-10)8-16(20)18-13/h1-7H,8-9H2,(H,18,20). The van der Waals surface area contributed by atoms with E-state index in [1.54, 1.807) is 24.3 Å². The summed E-state index contributed by atoms with van der Waals surface area (Å²) < 4.78 is 6.32. The predicted molar refractivity (Wildman–Crippen MR) is 82.7 cm³/mol. The second kappa shape index (κ2) is 5.69. The molecule has 21 heavy (non-hydrogen) atoms. The largest absolute Gasteiger partial charge is 0.484 e. The number of hydrogen-bond acceptors (Lipinski definition) is 3. The quantitative estimate of drug-likeness (QED) is 0.865. The molecule has 0 unspecified atom stereocenters. The van der Waals surface area contributed by atoms with Crippen LogP contribution in [0.25, 0.3) is 0 Å². The number of ether oxygens (including phenoxy) is 1. The molecule has 0 radical (unpaired) electrons. The maximum atomic E-state index is 12.2. The van der Waals surface area contributed by atoms with Gasteiger partial charge in [0.1, 0.15) is 5.75 Å². The van der Waals surface area contributed by atoms with Gasteiger partial charge in [0, 0.05) is 11.3 Å². The Morgan fingerprint density at radius 3 is 2.86 bits per heavy atom. The van der Waals surface area contributed by atoms with Crippen LogP contribution >= 0.6 is 15.9 Å². The van der Waals surface area contributed by atoms with Crippen LogP contribution in [0.2, 0.25) is 0 Å². The molecule has 2 aromatic carbocycles. The lowest BCUT2D eigenvalue weighted by molar-refractivity contribution is -0.115. The van der Waals surface area contributed by atoms with Gasteiger partial charge in [0.15, 0.2) is 12.4 Å². The Balaban J connectivity index is 1.71. The number of amides is 1. The highest BCUT2D eigenvalue weighted by atomic mass is 79.9. The van der Waals surface area contributed by atoms with Crippen LogP contribution in [-0.2, 0) is 11.2 Å². The summed E-state index contributed by atoms with van der Waals surface area (Å²) in [6, 6.07) is 12.6. The number of carbonyl (C=O) groups excluding carboxylic acids is 2. The fourth-order valence-electron chi connectivity index (χ4n) is 2.19. The van der Waals surface area contributed by atoms with Crippen LogP contribution in [-0.4, -0.2) is 18.3 Å². The number of hydrogen-bond donors (Lipinski definition) is 1. The smallest absolute Gasteiger partial charge is 0.228 e. The molecule has 1 heterocycles. The lowest BCUT2D eigenvalue weighted by atomic mass is 10.1. The van der Waals surface area contributed by atoms with Crippen molar-refractivity contribution < 1.29 is 14.3 Å². The highest BCUT2D eigenvalue weighted by Gasteiger charge is 2.19. The van der Waals surface area contributed by atoms with E-state index in [-0.39, 0.29) is 18.3 Å². The molecule has 0 atom stereocenters. The zero-order chi connectivity index (χ0) is 14.8. The van der Waals surface area contributed by atoms with Crippen molar-refractivity contribution in [2.24, 2.45) is 0 Å². The molecule has 106 valence electrons. The van der Waals surface area contributed by atoms with Crippen molar-refractivity contribution >= 4 is 33.3 Å². The first kappa shape index (κ1) is 13.8. The van der Waals surface area contributed by atoms with Crippen molar-refractivity contribution in [2.45, 2.75) is 6.42 Å². The first-order chi connectivity index (χ1) is 10.1. The van der Waals surface area contributed by atoms with Gasteiger partial charge in [0.05, 0.1) is 10.9 Å². The normalized spacial score (nSPS) is 12.7.